The summed E-state index contributed by atoms with van der Waals surface area (Å²) < 4.78 is 52.0. The van der Waals surface area contributed by atoms with E-state index < -0.39 is 11.7 Å². The van der Waals surface area contributed by atoms with Crippen LogP contribution in [0.5, 0.6) is 0 Å². The second-order valence-corrected chi connectivity index (χ2v) is 7.93. The van der Waals surface area contributed by atoms with Crippen LogP contribution in [0.4, 0.5) is 18.9 Å². The van der Waals surface area contributed by atoms with Crippen molar-refractivity contribution in [1.82, 2.24) is 10.6 Å². The Morgan fingerprint density at radius 3 is 2.68 bits per heavy atom. The molecule has 0 radical (unpaired) electrons. The minimum atomic E-state index is -4.43. The van der Waals surface area contributed by atoms with Gasteiger partial charge in [0.2, 0.25) is 0 Å². The minimum Gasteiger partial charge on any atom is -0.381 e. The summed E-state index contributed by atoms with van der Waals surface area (Å²) >= 11 is 0. The van der Waals surface area contributed by atoms with Gasteiger partial charge in [-0.15, -0.1) is 0 Å². The van der Waals surface area contributed by atoms with Crippen LogP contribution in [0.3, 0.4) is 0 Å². The van der Waals surface area contributed by atoms with E-state index in [2.05, 4.69) is 15.6 Å². The number of anilines is 1. The molecule has 0 spiro atoms. The number of aliphatic imine (C=N–C) groups is 1. The van der Waals surface area contributed by atoms with E-state index in [1.54, 1.807) is 6.07 Å². The molecule has 0 bridgehead atoms. The third kappa shape index (κ3) is 7.88. The molecule has 9 heteroatoms. The number of nitrogens with one attached hydrogen (secondary N) is 2. The zero-order chi connectivity index (χ0) is 22.1. The van der Waals surface area contributed by atoms with Gasteiger partial charge in [-0.2, -0.15) is 13.2 Å². The number of hydrogen-bond acceptors (Lipinski definition) is 4. The van der Waals surface area contributed by atoms with E-state index in [0.717, 1.165) is 18.9 Å². The van der Waals surface area contributed by atoms with Crippen molar-refractivity contribution in [1.29, 1.82) is 0 Å². The molecule has 2 fully saturated rings. The molecule has 0 atom stereocenters. The van der Waals surface area contributed by atoms with Gasteiger partial charge in [0.15, 0.2) is 5.96 Å². The number of morpholine rings is 1. The van der Waals surface area contributed by atoms with Gasteiger partial charge in [-0.3, -0.25) is 0 Å². The van der Waals surface area contributed by atoms with Crippen LogP contribution in [-0.2, 0) is 22.2 Å². The number of alkyl halides is 3. The lowest BCUT2D eigenvalue weighted by Crippen LogP contribution is -2.38. The molecule has 1 aliphatic heterocycles. The van der Waals surface area contributed by atoms with Crippen LogP contribution < -0.4 is 15.5 Å². The summed E-state index contributed by atoms with van der Waals surface area (Å²) in [6.45, 7) is 6.89. The zero-order valence-corrected chi connectivity index (χ0v) is 18.1. The summed E-state index contributed by atoms with van der Waals surface area (Å²) in [4.78, 5) is 6.30. The van der Waals surface area contributed by atoms with Crippen LogP contribution in [0.15, 0.2) is 23.2 Å². The maximum absolute atomic E-state index is 13.7. The highest BCUT2D eigenvalue weighted by Crippen LogP contribution is 2.35. The molecule has 3 rings (SSSR count). The normalized spacial score (nSPS) is 17.7. The van der Waals surface area contributed by atoms with Gasteiger partial charge in [0, 0.05) is 45.1 Å². The van der Waals surface area contributed by atoms with E-state index in [1.165, 1.54) is 25.0 Å². The minimum absolute atomic E-state index is 0.0499. The number of nitrogens with zero attached hydrogens (tertiary/aromatic N) is 2. The number of hydrogen-bond donors (Lipinski definition) is 2. The molecule has 1 saturated heterocycles. The number of benzene rings is 1. The van der Waals surface area contributed by atoms with Crippen LogP contribution >= 0.6 is 0 Å². The third-order valence-corrected chi connectivity index (χ3v) is 5.34. The van der Waals surface area contributed by atoms with Gasteiger partial charge in [0.1, 0.15) is 0 Å². The average Bonchev–Trinajstić information content (AvgIpc) is 3.58. The molecular formula is C22H33F3N4O2. The lowest BCUT2D eigenvalue weighted by Gasteiger charge is -2.29. The molecule has 31 heavy (non-hydrogen) atoms. The SMILES string of the molecule is CCNC(=NCc1ccc(N2CCOCC2)cc1C(F)(F)F)NCCCOCC1CC1. The summed E-state index contributed by atoms with van der Waals surface area (Å²) in [5.41, 5.74) is 0.0960. The highest BCUT2D eigenvalue weighted by atomic mass is 19.4. The van der Waals surface area contributed by atoms with Crippen molar-refractivity contribution < 1.29 is 22.6 Å². The van der Waals surface area contributed by atoms with Crippen molar-refractivity contribution in [3.63, 3.8) is 0 Å². The van der Waals surface area contributed by atoms with Gasteiger partial charge in [-0.25, -0.2) is 4.99 Å². The Balaban J connectivity index is 1.59. The molecule has 1 aromatic carbocycles. The molecule has 0 unspecified atom stereocenters. The van der Waals surface area contributed by atoms with E-state index >= 15 is 0 Å². The third-order valence-electron chi connectivity index (χ3n) is 5.34. The predicted molar refractivity (Wildman–Crippen MR) is 115 cm³/mol. The molecule has 2 N–H and O–H groups in total. The summed E-state index contributed by atoms with van der Waals surface area (Å²) in [5.74, 6) is 1.25. The topological polar surface area (TPSA) is 58.1 Å². The molecule has 174 valence electrons. The van der Waals surface area contributed by atoms with Crippen LogP contribution in [0.1, 0.15) is 37.3 Å². The summed E-state index contributed by atoms with van der Waals surface area (Å²) in [7, 11) is 0. The second kappa shape index (κ2) is 11.6. The zero-order valence-electron chi connectivity index (χ0n) is 18.1. The summed E-state index contributed by atoms with van der Waals surface area (Å²) in [5, 5.41) is 6.26. The van der Waals surface area contributed by atoms with Crippen LogP contribution in [0.2, 0.25) is 0 Å². The molecule has 1 heterocycles. The highest BCUT2D eigenvalue weighted by Gasteiger charge is 2.34. The lowest BCUT2D eigenvalue weighted by atomic mass is 10.1. The molecule has 2 aliphatic rings. The second-order valence-electron chi connectivity index (χ2n) is 7.93. The number of guanidine groups is 1. The standard InChI is InChI=1S/C22H33F3N4O2/c1-2-26-21(27-8-3-11-31-16-17-4-5-17)28-15-18-6-7-19(14-20(18)22(23,24)25)29-9-12-30-13-10-29/h6-7,14,17H,2-5,8-13,15-16H2,1H3,(H2,26,27,28). The Labute approximate surface area is 182 Å². The first-order chi connectivity index (χ1) is 15.0. The maximum atomic E-state index is 13.7. The van der Waals surface area contributed by atoms with E-state index in [0.29, 0.717) is 57.6 Å². The number of rotatable bonds is 10. The Kier molecular flexibility index (Phi) is 8.83. The monoisotopic (exact) mass is 442 g/mol. The molecule has 1 saturated carbocycles. The van der Waals surface area contributed by atoms with Gasteiger partial charge in [0.25, 0.3) is 0 Å². The van der Waals surface area contributed by atoms with E-state index in [1.807, 2.05) is 11.8 Å². The van der Waals surface area contributed by atoms with Crippen molar-refractivity contribution >= 4 is 11.6 Å². The first-order valence-electron chi connectivity index (χ1n) is 11.1. The van der Waals surface area contributed by atoms with Crippen molar-refractivity contribution in [3.8, 4) is 0 Å². The van der Waals surface area contributed by atoms with Crippen molar-refractivity contribution in [2.45, 2.75) is 38.9 Å². The smallest absolute Gasteiger partial charge is 0.381 e. The van der Waals surface area contributed by atoms with Gasteiger partial charge in [0.05, 0.1) is 25.3 Å². The Morgan fingerprint density at radius 2 is 2.00 bits per heavy atom. The van der Waals surface area contributed by atoms with Gasteiger partial charge in [-0.1, -0.05) is 6.07 Å². The van der Waals surface area contributed by atoms with Crippen LogP contribution in [0.25, 0.3) is 0 Å². The highest BCUT2D eigenvalue weighted by molar-refractivity contribution is 5.79. The fourth-order valence-corrected chi connectivity index (χ4v) is 3.41. The Morgan fingerprint density at radius 1 is 1.23 bits per heavy atom. The van der Waals surface area contributed by atoms with Gasteiger partial charge >= 0.3 is 6.18 Å². The van der Waals surface area contributed by atoms with Crippen LogP contribution in [-0.4, -0.2) is 58.6 Å². The quantitative estimate of drug-likeness (QED) is 0.330. The molecule has 0 aromatic heterocycles. The van der Waals surface area contributed by atoms with E-state index in [9.17, 15) is 13.2 Å². The predicted octanol–water partition coefficient (Wildman–Crippen LogP) is 3.41. The largest absolute Gasteiger partial charge is 0.416 e. The first kappa shape index (κ1) is 23.7. The molecule has 6 nitrogen and oxygen atoms in total. The number of ether oxygens (including phenoxy) is 2. The summed E-state index contributed by atoms with van der Waals surface area (Å²) in [6, 6.07) is 4.50. The Hall–Kier alpha value is -2.00. The number of halogens is 3. The lowest BCUT2D eigenvalue weighted by molar-refractivity contribution is -0.138. The summed E-state index contributed by atoms with van der Waals surface area (Å²) in [6.07, 6.45) is -1.08. The molecule has 1 aromatic rings. The molecular weight excluding hydrogens is 409 g/mol. The van der Waals surface area contributed by atoms with Crippen molar-refractivity contribution in [2.24, 2.45) is 10.9 Å². The van der Waals surface area contributed by atoms with Gasteiger partial charge in [-0.05, 0) is 49.8 Å². The maximum Gasteiger partial charge on any atom is 0.416 e. The van der Waals surface area contributed by atoms with Gasteiger partial charge < -0.3 is 25.0 Å². The molecule has 0 amide bonds. The fraction of sp³-hybridized carbons (Fsp3) is 0.682. The van der Waals surface area contributed by atoms with Crippen molar-refractivity contribution in [2.75, 3.05) is 57.5 Å². The fourth-order valence-electron chi connectivity index (χ4n) is 3.41. The van der Waals surface area contributed by atoms with Crippen molar-refractivity contribution in [3.05, 3.63) is 29.3 Å². The Bertz CT molecular complexity index is 717. The van der Waals surface area contributed by atoms with E-state index in [-0.39, 0.29) is 12.1 Å². The van der Waals surface area contributed by atoms with E-state index in [4.69, 9.17) is 9.47 Å². The average molecular weight is 443 g/mol. The van der Waals surface area contributed by atoms with Crippen LogP contribution in [0, 0.1) is 5.92 Å². The first-order valence-corrected chi connectivity index (χ1v) is 11.1. The molecule has 1 aliphatic carbocycles.